The van der Waals surface area contributed by atoms with Gasteiger partial charge in [0.2, 0.25) is 5.91 Å². The average Bonchev–Trinajstić information content (AvgIpc) is 2.67. The highest BCUT2D eigenvalue weighted by Gasteiger charge is 2.27. The molecule has 1 aliphatic heterocycles. The third-order valence-corrected chi connectivity index (χ3v) is 4.43. The number of likely N-dealkylation sites (tertiary alicyclic amines) is 1. The molecule has 1 heterocycles. The highest BCUT2D eigenvalue weighted by molar-refractivity contribution is 5.95. The second-order valence-corrected chi connectivity index (χ2v) is 6.36. The van der Waals surface area contributed by atoms with E-state index in [1.165, 1.54) is 0 Å². The van der Waals surface area contributed by atoms with Gasteiger partial charge < -0.3 is 25.4 Å². The Hall–Kier alpha value is -2.12. The van der Waals surface area contributed by atoms with E-state index < -0.39 is 0 Å². The fourth-order valence-electron chi connectivity index (χ4n) is 3.06. The maximum absolute atomic E-state index is 13.0. The quantitative estimate of drug-likeness (QED) is 0.643. The van der Waals surface area contributed by atoms with Gasteiger partial charge in [-0.2, -0.15) is 0 Å². The molecule has 1 fully saturated rings. The van der Waals surface area contributed by atoms with E-state index in [9.17, 15) is 9.59 Å². The summed E-state index contributed by atoms with van der Waals surface area (Å²) in [5, 5.41) is 2.88. The summed E-state index contributed by atoms with van der Waals surface area (Å²) in [6.07, 6.45) is 3.23. The molecule has 2 rings (SSSR count). The molecule has 0 bridgehead atoms. The Morgan fingerprint density at radius 1 is 1.31 bits per heavy atom. The van der Waals surface area contributed by atoms with Crippen molar-refractivity contribution in [3.05, 3.63) is 29.8 Å². The Bertz CT molecular complexity index is 594. The molecule has 0 spiro atoms. The van der Waals surface area contributed by atoms with E-state index in [1.54, 1.807) is 19.2 Å². The number of methoxy groups -OCH3 is 1. The number of rotatable bonds is 9. The van der Waals surface area contributed by atoms with Crippen molar-refractivity contribution in [2.75, 3.05) is 40.0 Å². The monoisotopic (exact) mass is 363 g/mol. The summed E-state index contributed by atoms with van der Waals surface area (Å²) in [4.78, 5) is 26.5. The molecule has 0 saturated carbocycles. The maximum Gasteiger partial charge on any atom is 0.254 e. The number of carbonyl (C=O) groups is 2. The van der Waals surface area contributed by atoms with Crippen LogP contribution < -0.4 is 15.8 Å². The van der Waals surface area contributed by atoms with Crippen molar-refractivity contribution in [3.63, 3.8) is 0 Å². The standard InChI is InChI=1S/C19H29N3O4/c1-25-11-12-26-17-7-4-5-15(13-17)19(24)22-10-3-2-6-16(22)14-21-18(23)8-9-20/h4-5,7,13,16H,2-3,6,8-12,14,20H2,1H3,(H,21,23). The minimum atomic E-state index is -0.0704. The normalized spacial score (nSPS) is 17.0. The van der Waals surface area contributed by atoms with Gasteiger partial charge in [0.1, 0.15) is 12.4 Å². The zero-order valence-electron chi connectivity index (χ0n) is 15.4. The number of carbonyl (C=O) groups excluding carboxylic acids is 2. The van der Waals surface area contributed by atoms with Crippen LogP contribution in [0.25, 0.3) is 0 Å². The number of amides is 2. The molecular weight excluding hydrogens is 334 g/mol. The Morgan fingerprint density at radius 2 is 2.15 bits per heavy atom. The van der Waals surface area contributed by atoms with Crippen LogP contribution in [0.1, 0.15) is 36.0 Å². The lowest BCUT2D eigenvalue weighted by atomic mass is 10.0. The van der Waals surface area contributed by atoms with Crippen LogP contribution in [0.4, 0.5) is 0 Å². The number of ether oxygens (including phenoxy) is 2. The summed E-state index contributed by atoms with van der Waals surface area (Å²) in [7, 11) is 1.62. The predicted molar refractivity (Wildman–Crippen MR) is 99.2 cm³/mol. The molecule has 0 aliphatic carbocycles. The molecule has 2 amide bonds. The van der Waals surface area contributed by atoms with Crippen molar-refractivity contribution in [2.45, 2.75) is 31.7 Å². The molecule has 1 aromatic rings. The number of piperidine rings is 1. The summed E-state index contributed by atoms with van der Waals surface area (Å²) in [6.45, 7) is 2.43. The number of nitrogens with zero attached hydrogens (tertiary/aromatic N) is 1. The zero-order chi connectivity index (χ0) is 18.8. The Balaban J connectivity index is 2.00. The highest BCUT2D eigenvalue weighted by Crippen LogP contribution is 2.21. The largest absolute Gasteiger partial charge is 0.491 e. The number of nitrogens with one attached hydrogen (secondary N) is 1. The number of benzene rings is 1. The van der Waals surface area contributed by atoms with Gasteiger partial charge in [-0.25, -0.2) is 0 Å². The lowest BCUT2D eigenvalue weighted by molar-refractivity contribution is -0.121. The first kappa shape index (κ1) is 20.2. The molecule has 1 unspecified atom stereocenters. The zero-order valence-corrected chi connectivity index (χ0v) is 15.4. The van der Waals surface area contributed by atoms with Crippen LogP contribution in [0.15, 0.2) is 24.3 Å². The van der Waals surface area contributed by atoms with Crippen LogP contribution >= 0.6 is 0 Å². The molecule has 1 aliphatic rings. The van der Waals surface area contributed by atoms with Crippen molar-refractivity contribution in [3.8, 4) is 5.75 Å². The summed E-state index contributed by atoms with van der Waals surface area (Å²) < 4.78 is 10.6. The molecule has 1 saturated heterocycles. The van der Waals surface area contributed by atoms with Crippen molar-refractivity contribution in [1.29, 1.82) is 0 Å². The number of hydrogen-bond acceptors (Lipinski definition) is 5. The summed E-state index contributed by atoms with van der Waals surface area (Å²) in [5.74, 6) is 0.552. The summed E-state index contributed by atoms with van der Waals surface area (Å²) in [6, 6.07) is 7.21. The average molecular weight is 363 g/mol. The van der Waals surface area contributed by atoms with Gasteiger partial charge in [-0.1, -0.05) is 6.07 Å². The fourth-order valence-corrected chi connectivity index (χ4v) is 3.06. The van der Waals surface area contributed by atoms with Gasteiger partial charge in [-0.3, -0.25) is 9.59 Å². The molecule has 1 aromatic carbocycles. The van der Waals surface area contributed by atoms with Gasteiger partial charge >= 0.3 is 0 Å². The fraction of sp³-hybridized carbons (Fsp3) is 0.579. The smallest absolute Gasteiger partial charge is 0.254 e. The molecule has 144 valence electrons. The van der Waals surface area contributed by atoms with Gasteiger partial charge in [0.15, 0.2) is 0 Å². The minimum absolute atomic E-state index is 0.0102. The lowest BCUT2D eigenvalue weighted by Gasteiger charge is -2.36. The third kappa shape index (κ3) is 6.00. The van der Waals surface area contributed by atoms with E-state index in [4.69, 9.17) is 15.2 Å². The van der Waals surface area contributed by atoms with Crippen LogP contribution in [0.5, 0.6) is 5.75 Å². The molecule has 1 atom stereocenters. The van der Waals surface area contributed by atoms with Gasteiger partial charge in [-0.05, 0) is 37.5 Å². The van der Waals surface area contributed by atoms with E-state index in [0.717, 1.165) is 19.3 Å². The predicted octanol–water partition coefficient (Wildman–Crippen LogP) is 1.17. The molecule has 0 aromatic heterocycles. The highest BCUT2D eigenvalue weighted by atomic mass is 16.5. The van der Waals surface area contributed by atoms with Crippen molar-refractivity contribution in [2.24, 2.45) is 5.73 Å². The van der Waals surface area contributed by atoms with Crippen molar-refractivity contribution in [1.82, 2.24) is 10.2 Å². The Labute approximate surface area is 154 Å². The molecular formula is C19H29N3O4. The van der Waals surface area contributed by atoms with Gasteiger partial charge in [0.25, 0.3) is 5.91 Å². The summed E-state index contributed by atoms with van der Waals surface area (Å²) >= 11 is 0. The van der Waals surface area contributed by atoms with Crippen LogP contribution in [0, 0.1) is 0 Å². The van der Waals surface area contributed by atoms with E-state index in [1.807, 2.05) is 17.0 Å². The minimum Gasteiger partial charge on any atom is -0.491 e. The number of hydrogen-bond donors (Lipinski definition) is 2. The van der Waals surface area contributed by atoms with Gasteiger partial charge in [-0.15, -0.1) is 0 Å². The Kier molecular flexibility index (Phi) is 8.37. The Morgan fingerprint density at radius 3 is 2.92 bits per heavy atom. The second-order valence-electron chi connectivity index (χ2n) is 6.36. The van der Waals surface area contributed by atoms with Gasteiger partial charge in [0, 0.05) is 44.8 Å². The molecule has 3 N–H and O–H groups in total. The van der Waals surface area contributed by atoms with E-state index in [0.29, 0.717) is 50.6 Å². The van der Waals surface area contributed by atoms with Crippen molar-refractivity contribution < 1.29 is 19.1 Å². The first-order valence-electron chi connectivity index (χ1n) is 9.15. The topological polar surface area (TPSA) is 93.9 Å². The van der Waals surface area contributed by atoms with Gasteiger partial charge in [0.05, 0.1) is 6.61 Å². The van der Waals surface area contributed by atoms with Crippen LogP contribution in [0.2, 0.25) is 0 Å². The third-order valence-electron chi connectivity index (χ3n) is 4.43. The first-order valence-corrected chi connectivity index (χ1v) is 9.15. The molecule has 26 heavy (non-hydrogen) atoms. The molecule has 0 radical (unpaired) electrons. The SMILES string of the molecule is COCCOc1cccc(C(=O)N2CCCCC2CNC(=O)CCN)c1. The van der Waals surface area contributed by atoms with E-state index >= 15 is 0 Å². The first-order chi connectivity index (χ1) is 12.7. The second kappa shape index (κ2) is 10.8. The molecule has 7 heteroatoms. The lowest BCUT2D eigenvalue weighted by Crippen LogP contribution is -2.49. The maximum atomic E-state index is 13.0. The van der Waals surface area contributed by atoms with Crippen LogP contribution in [-0.4, -0.2) is 62.7 Å². The van der Waals surface area contributed by atoms with Crippen LogP contribution in [0.3, 0.4) is 0 Å². The van der Waals surface area contributed by atoms with Crippen LogP contribution in [-0.2, 0) is 9.53 Å². The molecule has 7 nitrogen and oxygen atoms in total. The van der Waals surface area contributed by atoms with E-state index in [2.05, 4.69) is 5.32 Å². The summed E-state index contributed by atoms with van der Waals surface area (Å²) in [5.41, 5.74) is 6.00. The van der Waals surface area contributed by atoms with Crippen molar-refractivity contribution >= 4 is 11.8 Å². The van der Waals surface area contributed by atoms with E-state index in [-0.39, 0.29) is 17.9 Å². The number of nitrogens with two attached hydrogens (primary N) is 1.